The molecular formula is C17H25IN4O2. The Kier molecular flexibility index (Phi) is 8.59. The molecule has 0 aliphatic carbocycles. The average molecular weight is 444 g/mol. The third-order valence-electron chi connectivity index (χ3n) is 3.34. The minimum absolute atomic E-state index is 0. The highest BCUT2D eigenvalue weighted by Gasteiger charge is 2.08. The third-order valence-corrected chi connectivity index (χ3v) is 3.34. The van der Waals surface area contributed by atoms with E-state index in [1.165, 1.54) is 5.56 Å². The van der Waals surface area contributed by atoms with Gasteiger partial charge in [0.1, 0.15) is 17.2 Å². The zero-order valence-corrected chi connectivity index (χ0v) is 16.9. The van der Waals surface area contributed by atoms with Crippen molar-refractivity contribution in [2.24, 2.45) is 4.99 Å². The van der Waals surface area contributed by atoms with Crippen LogP contribution in [0.3, 0.4) is 0 Å². The molecule has 2 aromatic rings. The summed E-state index contributed by atoms with van der Waals surface area (Å²) in [6.07, 6.45) is 0. The van der Waals surface area contributed by atoms with Crippen molar-refractivity contribution >= 4 is 29.9 Å². The molecule has 2 rings (SSSR count). The molecule has 1 aromatic carbocycles. The van der Waals surface area contributed by atoms with Crippen LogP contribution >= 0.6 is 24.0 Å². The summed E-state index contributed by atoms with van der Waals surface area (Å²) in [5, 5.41) is 7.26. The average Bonchev–Trinajstić information content (AvgIpc) is 2.97. The molecular weight excluding hydrogens is 419 g/mol. The van der Waals surface area contributed by atoms with Crippen molar-refractivity contribution < 1.29 is 9.26 Å². The number of halogens is 1. The maximum absolute atomic E-state index is 5.18. The van der Waals surface area contributed by atoms with Gasteiger partial charge in [-0.25, -0.2) is 4.99 Å². The van der Waals surface area contributed by atoms with Gasteiger partial charge in [-0.05, 0) is 31.5 Å². The number of aryl methyl sites for hydroxylation is 1. The maximum Gasteiger partial charge on any atom is 0.194 e. The first kappa shape index (κ1) is 20.3. The Balaban J connectivity index is 0.00000288. The summed E-state index contributed by atoms with van der Waals surface area (Å²) in [6, 6.07) is 9.94. The van der Waals surface area contributed by atoms with Crippen molar-refractivity contribution in [3.05, 3.63) is 47.3 Å². The molecule has 0 unspecified atom stereocenters. The van der Waals surface area contributed by atoms with Crippen LogP contribution in [-0.4, -0.2) is 36.7 Å². The monoisotopic (exact) mass is 444 g/mol. The fraction of sp³-hybridized carbons (Fsp3) is 0.412. The summed E-state index contributed by atoms with van der Waals surface area (Å²) in [5.74, 6) is 2.49. The van der Waals surface area contributed by atoms with Crippen LogP contribution in [0.15, 0.2) is 39.8 Å². The van der Waals surface area contributed by atoms with E-state index in [2.05, 4.69) is 39.4 Å². The van der Waals surface area contributed by atoms with E-state index in [1.807, 2.05) is 32.2 Å². The van der Waals surface area contributed by atoms with Crippen LogP contribution in [0.2, 0.25) is 0 Å². The molecule has 7 heteroatoms. The van der Waals surface area contributed by atoms with Gasteiger partial charge >= 0.3 is 0 Å². The standard InChI is InChI=1S/C17H24N4O2.HI/c1-5-18-17(19-11-15-10-13(2)23-20-15)21(3)12-14-6-8-16(22-4)9-7-14;/h6-10H,5,11-12H2,1-4H3,(H,18,19);1H. The second-order valence-corrected chi connectivity index (χ2v) is 5.30. The third kappa shape index (κ3) is 6.03. The number of hydrogen-bond donors (Lipinski definition) is 1. The Morgan fingerprint density at radius 1 is 1.33 bits per heavy atom. The molecule has 0 fully saturated rings. The van der Waals surface area contributed by atoms with Gasteiger partial charge in [0.25, 0.3) is 0 Å². The van der Waals surface area contributed by atoms with Gasteiger partial charge in [0.05, 0.1) is 13.7 Å². The summed E-state index contributed by atoms with van der Waals surface area (Å²) < 4.78 is 10.3. The predicted molar refractivity (Wildman–Crippen MR) is 106 cm³/mol. The smallest absolute Gasteiger partial charge is 0.194 e. The first-order chi connectivity index (χ1) is 11.1. The molecule has 0 bridgehead atoms. The molecule has 0 amide bonds. The number of nitrogens with one attached hydrogen (secondary N) is 1. The summed E-state index contributed by atoms with van der Waals surface area (Å²) in [5.41, 5.74) is 2.02. The molecule has 1 heterocycles. The number of rotatable bonds is 6. The zero-order valence-electron chi connectivity index (χ0n) is 14.6. The molecule has 0 atom stereocenters. The lowest BCUT2D eigenvalue weighted by molar-refractivity contribution is 0.390. The van der Waals surface area contributed by atoms with Gasteiger partial charge < -0.3 is 19.5 Å². The van der Waals surface area contributed by atoms with Crippen molar-refractivity contribution in [3.8, 4) is 5.75 Å². The van der Waals surface area contributed by atoms with Gasteiger partial charge in [0.2, 0.25) is 0 Å². The maximum atomic E-state index is 5.18. The Hall–Kier alpha value is -1.77. The van der Waals surface area contributed by atoms with E-state index in [4.69, 9.17) is 9.26 Å². The lowest BCUT2D eigenvalue weighted by Crippen LogP contribution is -2.38. The van der Waals surface area contributed by atoms with Crippen LogP contribution < -0.4 is 10.1 Å². The topological polar surface area (TPSA) is 62.9 Å². The first-order valence-corrected chi connectivity index (χ1v) is 7.67. The van der Waals surface area contributed by atoms with Crippen LogP contribution in [0.25, 0.3) is 0 Å². The number of benzene rings is 1. The highest BCUT2D eigenvalue weighted by molar-refractivity contribution is 14.0. The van der Waals surface area contributed by atoms with E-state index in [0.717, 1.165) is 36.3 Å². The van der Waals surface area contributed by atoms with Gasteiger partial charge in [-0.1, -0.05) is 17.3 Å². The van der Waals surface area contributed by atoms with E-state index in [-0.39, 0.29) is 24.0 Å². The van der Waals surface area contributed by atoms with Crippen molar-refractivity contribution in [2.45, 2.75) is 26.9 Å². The Bertz CT molecular complexity index is 640. The number of guanidine groups is 1. The Morgan fingerprint density at radius 2 is 2.04 bits per heavy atom. The normalized spacial score (nSPS) is 10.9. The molecule has 0 aliphatic heterocycles. The Labute approximate surface area is 160 Å². The number of nitrogens with zero attached hydrogens (tertiary/aromatic N) is 3. The molecule has 0 saturated heterocycles. The van der Waals surface area contributed by atoms with E-state index in [0.29, 0.717) is 6.54 Å². The van der Waals surface area contributed by atoms with Crippen molar-refractivity contribution in [3.63, 3.8) is 0 Å². The number of aromatic nitrogens is 1. The van der Waals surface area contributed by atoms with Crippen LogP contribution in [0, 0.1) is 6.92 Å². The zero-order chi connectivity index (χ0) is 16.7. The highest BCUT2D eigenvalue weighted by atomic mass is 127. The van der Waals surface area contributed by atoms with Gasteiger partial charge in [0, 0.05) is 26.2 Å². The fourth-order valence-electron chi connectivity index (χ4n) is 2.20. The second kappa shape index (κ2) is 10.2. The summed E-state index contributed by atoms with van der Waals surface area (Å²) in [6.45, 7) is 5.99. The molecule has 0 aliphatic rings. The highest BCUT2D eigenvalue weighted by Crippen LogP contribution is 2.12. The molecule has 132 valence electrons. The van der Waals surface area contributed by atoms with Crippen LogP contribution in [-0.2, 0) is 13.1 Å². The van der Waals surface area contributed by atoms with Crippen LogP contribution in [0.4, 0.5) is 0 Å². The van der Waals surface area contributed by atoms with E-state index in [9.17, 15) is 0 Å². The number of aliphatic imine (C=N–C) groups is 1. The van der Waals surface area contributed by atoms with E-state index >= 15 is 0 Å². The summed E-state index contributed by atoms with van der Waals surface area (Å²) in [7, 11) is 3.68. The first-order valence-electron chi connectivity index (χ1n) is 7.67. The van der Waals surface area contributed by atoms with Crippen molar-refractivity contribution in [1.29, 1.82) is 0 Å². The van der Waals surface area contributed by atoms with Gasteiger partial charge in [-0.3, -0.25) is 0 Å². The lowest BCUT2D eigenvalue weighted by atomic mass is 10.2. The quantitative estimate of drug-likeness (QED) is 0.421. The predicted octanol–water partition coefficient (Wildman–Crippen LogP) is 3.21. The molecule has 0 saturated carbocycles. The minimum Gasteiger partial charge on any atom is -0.497 e. The van der Waals surface area contributed by atoms with Gasteiger partial charge in [-0.2, -0.15) is 0 Å². The summed E-state index contributed by atoms with van der Waals surface area (Å²) >= 11 is 0. The van der Waals surface area contributed by atoms with Gasteiger partial charge in [-0.15, -0.1) is 24.0 Å². The van der Waals surface area contributed by atoms with E-state index < -0.39 is 0 Å². The second-order valence-electron chi connectivity index (χ2n) is 5.30. The number of methoxy groups -OCH3 is 1. The number of ether oxygens (including phenoxy) is 1. The molecule has 1 aromatic heterocycles. The largest absolute Gasteiger partial charge is 0.497 e. The SMILES string of the molecule is CCNC(=NCc1cc(C)on1)N(C)Cc1ccc(OC)cc1.I. The minimum atomic E-state index is 0. The molecule has 1 N–H and O–H groups in total. The van der Waals surface area contributed by atoms with Crippen molar-refractivity contribution in [1.82, 2.24) is 15.4 Å². The van der Waals surface area contributed by atoms with Gasteiger partial charge in [0.15, 0.2) is 5.96 Å². The molecule has 6 nitrogen and oxygen atoms in total. The fourth-order valence-corrected chi connectivity index (χ4v) is 2.20. The Morgan fingerprint density at radius 3 is 2.58 bits per heavy atom. The molecule has 24 heavy (non-hydrogen) atoms. The molecule has 0 radical (unpaired) electrons. The van der Waals surface area contributed by atoms with Crippen molar-refractivity contribution in [2.75, 3.05) is 20.7 Å². The van der Waals surface area contributed by atoms with Crippen LogP contribution in [0.1, 0.15) is 23.9 Å². The number of hydrogen-bond acceptors (Lipinski definition) is 4. The molecule has 0 spiro atoms. The lowest BCUT2D eigenvalue weighted by Gasteiger charge is -2.22. The van der Waals surface area contributed by atoms with Crippen LogP contribution in [0.5, 0.6) is 5.75 Å². The summed E-state index contributed by atoms with van der Waals surface area (Å²) in [4.78, 5) is 6.69. The van der Waals surface area contributed by atoms with E-state index in [1.54, 1.807) is 7.11 Å².